The van der Waals surface area contributed by atoms with E-state index in [0.29, 0.717) is 13.0 Å². The molecule has 0 saturated carbocycles. The van der Waals surface area contributed by atoms with Crippen molar-refractivity contribution in [3.63, 3.8) is 0 Å². The number of carboxylic acid groups (broad SMARTS) is 1. The second-order valence-electron chi connectivity index (χ2n) is 4.11. The van der Waals surface area contributed by atoms with Crippen LogP contribution in [0.2, 0.25) is 0 Å². The van der Waals surface area contributed by atoms with Crippen molar-refractivity contribution >= 4 is 17.8 Å². The zero-order valence-corrected chi connectivity index (χ0v) is 11.4. The number of carbonyl (C=O) groups excluding carboxylic acids is 2. The number of carboxylic acids is 1. The van der Waals surface area contributed by atoms with Gasteiger partial charge in [0.05, 0.1) is 6.54 Å². The van der Waals surface area contributed by atoms with Crippen molar-refractivity contribution in [3.05, 3.63) is 29.6 Å². The summed E-state index contributed by atoms with van der Waals surface area (Å²) in [6.45, 7) is 2.19. The van der Waals surface area contributed by atoms with Crippen LogP contribution in [0.5, 0.6) is 0 Å². The van der Waals surface area contributed by atoms with Crippen LogP contribution in [0.15, 0.2) is 18.2 Å². The van der Waals surface area contributed by atoms with E-state index in [1.807, 2.05) is 6.92 Å². The molecule has 7 nitrogen and oxygen atoms in total. The molecule has 108 valence electrons. The minimum Gasteiger partial charge on any atom is -0.477 e. The van der Waals surface area contributed by atoms with Crippen molar-refractivity contribution in [3.8, 4) is 0 Å². The fraction of sp³-hybridized carbons (Fsp3) is 0.385. The molecule has 0 bridgehead atoms. The maximum Gasteiger partial charge on any atom is 0.354 e. The summed E-state index contributed by atoms with van der Waals surface area (Å²) in [4.78, 5) is 39.6. The number of amides is 2. The standard InChI is InChI=1S/C13H17N3O4/c1-3-7-16(8-11(17)14-2)12(18)9-5-4-6-10(15-9)13(19)20/h4-6H,3,7-8H2,1-2H3,(H,14,17)(H,19,20). The summed E-state index contributed by atoms with van der Waals surface area (Å²) in [6.07, 6.45) is 0.682. The lowest BCUT2D eigenvalue weighted by Gasteiger charge is -2.20. The van der Waals surface area contributed by atoms with Crippen molar-refractivity contribution in [1.82, 2.24) is 15.2 Å². The summed E-state index contributed by atoms with van der Waals surface area (Å²) in [5, 5.41) is 11.3. The fourth-order valence-corrected chi connectivity index (χ4v) is 1.61. The lowest BCUT2D eigenvalue weighted by Crippen LogP contribution is -2.40. The summed E-state index contributed by atoms with van der Waals surface area (Å²) in [7, 11) is 1.49. The topological polar surface area (TPSA) is 99.6 Å². The molecule has 0 aromatic carbocycles. The van der Waals surface area contributed by atoms with E-state index >= 15 is 0 Å². The van der Waals surface area contributed by atoms with Crippen LogP contribution in [0.1, 0.15) is 34.3 Å². The highest BCUT2D eigenvalue weighted by atomic mass is 16.4. The van der Waals surface area contributed by atoms with Gasteiger partial charge in [0.1, 0.15) is 11.4 Å². The Morgan fingerprint density at radius 1 is 1.30 bits per heavy atom. The highest BCUT2D eigenvalue weighted by molar-refractivity contribution is 5.96. The van der Waals surface area contributed by atoms with Crippen LogP contribution in [0.25, 0.3) is 0 Å². The van der Waals surface area contributed by atoms with Gasteiger partial charge in [-0.2, -0.15) is 0 Å². The molecule has 0 radical (unpaired) electrons. The molecule has 7 heteroatoms. The van der Waals surface area contributed by atoms with E-state index in [1.165, 1.54) is 30.1 Å². The highest BCUT2D eigenvalue weighted by Crippen LogP contribution is 2.05. The molecular weight excluding hydrogens is 262 g/mol. The van der Waals surface area contributed by atoms with Crippen molar-refractivity contribution in [2.45, 2.75) is 13.3 Å². The number of carbonyl (C=O) groups is 3. The molecule has 2 N–H and O–H groups in total. The number of rotatable bonds is 6. The monoisotopic (exact) mass is 279 g/mol. The Morgan fingerprint density at radius 2 is 1.95 bits per heavy atom. The van der Waals surface area contributed by atoms with Gasteiger partial charge >= 0.3 is 5.97 Å². The second kappa shape index (κ2) is 7.22. The van der Waals surface area contributed by atoms with E-state index in [2.05, 4.69) is 10.3 Å². The summed E-state index contributed by atoms with van der Waals surface area (Å²) >= 11 is 0. The Kier molecular flexibility index (Phi) is 5.64. The van der Waals surface area contributed by atoms with E-state index in [1.54, 1.807) is 0 Å². The lowest BCUT2D eigenvalue weighted by molar-refractivity contribution is -0.121. The molecule has 1 aromatic heterocycles. The van der Waals surface area contributed by atoms with Crippen molar-refractivity contribution in [2.75, 3.05) is 20.1 Å². The first kappa shape index (κ1) is 15.6. The van der Waals surface area contributed by atoms with Gasteiger partial charge in [-0.05, 0) is 18.6 Å². The number of pyridine rings is 1. The Bertz CT molecular complexity index is 516. The Morgan fingerprint density at radius 3 is 2.50 bits per heavy atom. The van der Waals surface area contributed by atoms with Crippen molar-refractivity contribution in [1.29, 1.82) is 0 Å². The third-order valence-corrected chi connectivity index (χ3v) is 2.58. The van der Waals surface area contributed by atoms with E-state index in [4.69, 9.17) is 5.11 Å². The zero-order valence-electron chi connectivity index (χ0n) is 11.4. The Hall–Kier alpha value is -2.44. The molecular formula is C13H17N3O4. The van der Waals surface area contributed by atoms with Crippen LogP contribution in [-0.2, 0) is 4.79 Å². The quantitative estimate of drug-likeness (QED) is 0.784. The minimum atomic E-state index is -1.20. The summed E-state index contributed by atoms with van der Waals surface area (Å²) < 4.78 is 0. The van der Waals surface area contributed by atoms with Crippen LogP contribution < -0.4 is 5.32 Å². The van der Waals surface area contributed by atoms with Gasteiger partial charge in [-0.1, -0.05) is 13.0 Å². The first-order chi connectivity index (χ1) is 9.49. The number of nitrogens with zero attached hydrogens (tertiary/aromatic N) is 2. The van der Waals surface area contributed by atoms with Gasteiger partial charge in [0.15, 0.2) is 0 Å². The molecule has 1 heterocycles. The third kappa shape index (κ3) is 4.04. The normalized spacial score (nSPS) is 9.90. The molecule has 0 atom stereocenters. The minimum absolute atomic E-state index is 0.0160. The summed E-state index contributed by atoms with van der Waals surface area (Å²) in [5.41, 5.74) is -0.186. The number of aromatic nitrogens is 1. The molecule has 0 spiro atoms. The molecule has 20 heavy (non-hydrogen) atoms. The maximum absolute atomic E-state index is 12.3. The van der Waals surface area contributed by atoms with Crippen LogP contribution in [0.3, 0.4) is 0 Å². The predicted octanol–water partition coefficient (Wildman–Crippen LogP) is 0.378. The average molecular weight is 279 g/mol. The Labute approximate surface area is 116 Å². The van der Waals surface area contributed by atoms with Crippen molar-refractivity contribution < 1.29 is 19.5 Å². The molecule has 1 aromatic rings. The largest absolute Gasteiger partial charge is 0.477 e. The van der Waals surface area contributed by atoms with Crippen LogP contribution in [0, 0.1) is 0 Å². The van der Waals surface area contributed by atoms with Crippen LogP contribution in [-0.4, -0.2) is 52.9 Å². The zero-order chi connectivity index (χ0) is 15.1. The fourth-order valence-electron chi connectivity index (χ4n) is 1.61. The lowest BCUT2D eigenvalue weighted by atomic mass is 10.2. The average Bonchev–Trinajstić information content (AvgIpc) is 2.45. The van der Waals surface area contributed by atoms with Crippen molar-refractivity contribution in [2.24, 2.45) is 0 Å². The van der Waals surface area contributed by atoms with E-state index in [-0.39, 0.29) is 23.8 Å². The number of hydrogen-bond acceptors (Lipinski definition) is 4. The SMILES string of the molecule is CCCN(CC(=O)NC)C(=O)c1cccc(C(=O)O)n1. The first-order valence-corrected chi connectivity index (χ1v) is 6.19. The van der Waals surface area contributed by atoms with Gasteiger partial charge in [0.25, 0.3) is 5.91 Å². The smallest absolute Gasteiger partial charge is 0.354 e. The molecule has 1 rings (SSSR count). The molecule has 0 saturated heterocycles. The third-order valence-electron chi connectivity index (χ3n) is 2.58. The van der Waals surface area contributed by atoms with E-state index < -0.39 is 11.9 Å². The number of nitrogens with one attached hydrogen (secondary N) is 1. The van der Waals surface area contributed by atoms with Gasteiger partial charge in [-0.25, -0.2) is 9.78 Å². The number of hydrogen-bond donors (Lipinski definition) is 2. The molecule has 0 aliphatic carbocycles. The second-order valence-corrected chi connectivity index (χ2v) is 4.11. The summed E-state index contributed by atoms with van der Waals surface area (Å²) in [5.74, 6) is -1.95. The number of likely N-dealkylation sites (N-methyl/N-ethyl adjacent to an activating group) is 1. The number of aromatic carboxylic acids is 1. The van der Waals surface area contributed by atoms with Crippen LogP contribution >= 0.6 is 0 Å². The van der Waals surface area contributed by atoms with E-state index in [0.717, 1.165) is 0 Å². The molecule has 2 amide bonds. The highest BCUT2D eigenvalue weighted by Gasteiger charge is 2.19. The van der Waals surface area contributed by atoms with Gasteiger partial charge < -0.3 is 15.3 Å². The predicted molar refractivity (Wildman–Crippen MR) is 71.5 cm³/mol. The molecule has 0 fully saturated rings. The van der Waals surface area contributed by atoms with Gasteiger partial charge in [0.2, 0.25) is 5.91 Å². The van der Waals surface area contributed by atoms with Gasteiger partial charge in [0, 0.05) is 13.6 Å². The first-order valence-electron chi connectivity index (χ1n) is 6.19. The summed E-state index contributed by atoms with van der Waals surface area (Å²) in [6, 6.07) is 4.19. The molecule has 0 aliphatic rings. The van der Waals surface area contributed by atoms with E-state index in [9.17, 15) is 14.4 Å². The molecule has 0 unspecified atom stereocenters. The van der Waals surface area contributed by atoms with Gasteiger partial charge in [-0.15, -0.1) is 0 Å². The van der Waals surface area contributed by atoms with Gasteiger partial charge in [-0.3, -0.25) is 9.59 Å². The maximum atomic E-state index is 12.3. The van der Waals surface area contributed by atoms with Crippen LogP contribution in [0.4, 0.5) is 0 Å². The Balaban J connectivity index is 2.96. The molecule has 0 aliphatic heterocycles.